The number of thioether (sulfide) groups is 2. The Kier molecular flexibility index (Phi) is 6.83. The Morgan fingerprint density at radius 3 is 2.85 bits per heavy atom. The summed E-state index contributed by atoms with van der Waals surface area (Å²) in [6, 6.07) is 10.2. The van der Waals surface area contributed by atoms with Gasteiger partial charge < -0.3 is 10.1 Å². The van der Waals surface area contributed by atoms with Gasteiger partial charge in [-0.3, -0.25) is 4.79 Å². The number of ether oxygens (including phenoxy) is 1. The van der Waals surface area contributed by atoms with E-state index in [-0.39, 0.29) is 17.3 Å². The van der Waals surface area contributed by atoms with Gasteiger partial charge in [0, 0.05) is 17.8 Å². The summed E-state index contributed by atoms with van der Waals surface area (Å²) in [6.07, 6.45) is 4.61. The van der Waals surface area contributed by atoms with Crippen LogP contribution >= 0.6 is 34.9 Å². The van der Waals surface area contributed by atoms with E-state index in [0.29, 0.717) is 18.3 Å². The molecule has 1 amide bonds. The van der Waals surface area contributed by atoms with E-state index in [9.17, 15) is 4.79 Å². The maximum atomic E-state index is 12.5. The summed E-state index contributed by atoms with van der Waals surface area (Å²) in [5.41, 5.74) is 3.14. The minimum atomic E-state index is -0.175. The highest BCUT2D eigenvalue weighted by Crippen LogP contribution is 2.42. The SMILES string of the molecule is CCC1(C)Cc2c(sc3nc(SC)n4c(SCC(=O)NCCc5ccccc5)nnc4c23)CO1. The highest BCUT2D eigenvalue weighted by Gasteiger charge is 2.33. The minimum absolute atomic E-state index is 0.0128. The molecule has 4 aromatic rings. The van der Waals surface area contributed by atoms with Gasteiger partial charge >= 0.3 is 0 Å². The molecular formula is C24H27N5O2S3. The van der Waals surface area contributed by atoms with Crippen LogP contribution in [0.5, 0.6) is 0 Å². The van der Waals surface area contributed by atoms with Gasteiger partial charge in [-0.25, -0.2) is 9.38 Å². The number of aromatic nitrogens is 4. The second-order valence-electron chi connectivity index (χ2n) is 8.57. The van der Waals surface area contributed by atoms with Crippen LogP contribution in [0.4, 0.5) is 0 Å². The summed E-state index contributed by atoms with van der Waals surface area (Å²) < 4.78 is 8.16. The average Bonchev–Trinajstić information content (AvgIpc) is 3.43. The monoisotopic (exact) mass is 513 g/mol. The van der Waals surface area contributed by atoms with Crippen LogP contribution in [0, 0.1) is 0 Å². The molecule has 0 radical (unpaired) electrons. The van der Waals surface area contributed by atoms with Crippen molar-refractivity contribution in [2.75, 3.05) is 18.6 Å². The van der Waals surface area contributed by atoms with Crippen LogP contribution in [0.15, 0.2) is 40.6 Å². The molecule has 178 valence electrons. The summed E-state index contributed by atoms with van der Waals surface area (Å²) in [5, 5.41) is 14.6. The first-order chi connectivity index (χ1) is 16.5. The Morgan fingerprint density at radius 1 is 1.26 bits per heavy atom. The predicted octanol–water partition coefficient (Wildman–Crippen LogP) is 4.75. The Hall–Kier alpha value is -2.14. The number of rotatable bonds is 8. The van der Waals surface area contributed by atoms with E-state index in [1.54, 1.807) is 23.1 Å². The first-order valence-corrected chi connectivity index (χ1v) is 14.3. The van der Waals surface area contributed by atoms with Crippen LogP contribution in [0.1, 0.15) is 36.3 Å². The van der Waals surface area contributed by atoms with Gasteiger partial charge in [0.1, 0.15) is 4.83 Å². The van der Waals surface area contributed by atoms with Crippen molar-refractivity contribution in [1.82, 2.24) is 24.9 Å². The quantitative estimate of drug-likeness (QED) is 0.269. The number of carbonyl (C=O) groups is 1. The van der Waals surface area contributed by atoms with E-state index < -0.39 is 0 Å². The maximum Gasteiger partial charge on any atom is 0.230 e. The highest BCUT2D eigenvalue weighted by atomic mass is 32.2. The summed E-state index contributed by atoms with van der Waals surface area (Å²) in [7, 11) is 0. The van der Waals surface area contributed by atoms with Crippen molar-refractivity contribution in [1.29, 1.82) is 0 Å². The van der Waals surface area contributed by atoms with Gasteiger partial charge in [0.2, 0.25) is 5.91 Å². The number of benzene rings is 1. The zero-order valence-electron chi connectivity index (χ0n) is 19.5. The topological polar surface area (TPSA) is 81.4 Å². The molecule has 1 aliphatic rings. The molecule has 5 rings (SSSR count). The normalized spacial score (nSPS) is 17.9. The molecule has 0 fully saturated rings. The minimum Gasteiger partial charge on any atom is -0.369 e. The lowest BCUT2D eigenvalue weighted by molar-refractivity contribution is -0.118. The molecule has 7 nitrogen and oxygen atoms in total. The fourth-order valence-corrected chi connectivity index (χ4v) is 6.66. The van der Waals surface area contributed by atoms with Gasteiger partial charge in [0.25, 0.3) is 0 Å². The summed E-state index contributed by atoms with van der Waals surface area (Å²) in [4.78, 5) is 19.6. The van der Waals surface area contributed by atoms with Gasteiger partial charge in [0.05, 0.1) is 23.3 Å². The molecule has 0 saturated heterocycles. The van der Waals surface area contributed by atoms with Gasteiger partial charge in [-0.05, 0) is 37.1 Å². The number of thiophene rings is 1. The van der Waals surface area contributed by atoms with Crippen molar-refractivity contribution in [2.24, 2.45) is 0 Å². The van der Waals surface area contributed by atoms with Gasteiger partial charge in [-0.15, -0.1) is 21.5 Å². The molecule has 1 aliphatic heterocycles. The Bertz CT molecular complexity index is 1340. The number of fused-ring (bicyclic) bond motifs is 5. The van der Waals surface area contributed by atoms with Crippen LogP contribution < -0.4 is 5.32 Å². The first kappa shape index (κ1) is 23.6. The van der Waals surface area contributed by atoms with Crippen molar-refractivity contribution in [3.63, 3.8) is 0 Å². The molecule has 34 heavy (non-hydrogen) atoms. The molecule has 0 spiro atoms. The van der Waals surface area contributed by atoms with Crippen molar-refractivity contribution in [3.8, 4) is 0 Å². The van der Waals surface area contributed by atoms with Crippen molar-refractivity contribution >= 4 is 56.6 Å². The molecule has 1 aromatic carbocycles. The van der Waals surface area contributed by atoms with Gasteiger partial charge in [-0.1, -0.05) is 60.8 Å². The fourth-order valence-electron chi connectivity index (χ4n) is 4.15. The summed E-state index contributed by atoms with van der Waals surface area (Å²) in [6.45, 7) is 5.56. The Labute approximate surface area is 211 Å². The van der Waals surface area contributed by atoms with E-state index in [1.165, 1.54) is 27.8 Å². The van der Waals surface area contributed by atoms with E-state index >= 15 is 0 Å². The molecule has 0 saturated carbocycles. The van der Waals surface area contributed by atoms with E-state index in [2.05, 4.69) is 41.5 Å². The van der Waals surface area contributed by atoms with E-state index in [1.807, 2.05) is 28.9 Å². The standard InChI is InChI=1S/C24H27N5O2S3/c1-4-24(2)12-16-17(13-31-24)34-21-19(16)20-27-28-23(29(20)22(26-21)32-3)33-14-18(30)25-11-10-15-8-6-5-7-9-15/h5-9H,4,10-14H2,1-3H3,(H,25,30). The molecular weight excluding hydrogens is 486 g/mol. The lowest BCUT2D eigenvalue weighted by Crippen LogP contribution is -2.33. The van der Waals surface area contributed by atoms with Crippen LogP contribution in [0.25, 0.3) is 15.9 Å². The zero-order valence-corrected chi connectivity index (χ0v) is 21.9. The first-order valence-electron chi connectivity index (χ1n) is 11.3. The molecule has 3 aromatic heterocycles. The Balaban J connectivity index is 1.37. The van der Waals surface area contributed by atoms with Crippen LogP contribution in [-0.2, 0) is 29.0 Å². The maximum absolute atomic E-state index is 12.5. The van der Waals surface area contributed by atoms with Crippen molar-refractivity contribution in [3.05, 3.63) is 46.3 Å². The van der Waals surface area contributed by atoms with Gasteiger partial charge in [-0.2, -0.15) is 0 Å². The molecule has 4 heterocycles. The van der Waals surface area contributed by atoms with Crippen molar-refractivity contribution in [2.45, 2.75) is 55.6 Å². The molecule has 0 bridgehead atoms. The highest BCUT2D eigenvalue weighted by molar-refractivity contribution is 8.00. The smallest absolute Gasteiger partial charge is 0.230 e. The second kappa shape index (κ2) is 9.85. The second-order valence-corrected chi connectivity index (χ2v) is 11.4. The third-order valence-corrected chi connectivity index (χ3v) is 8.93. The number of amides is 1. The number of nitrogens with one attached hydrogen (secondary N) is 1. The van der Waals surface area contributed by atoms with Crippen LogP contribution in [0.3, 0.4) is 0 Å². The number of nitrogens with zero attached hydrogens (tertiary/aromatic N) is 4. The number of carbonyl (C=O) groups excluding carboxylic acids is 1. The Morgan fingerprint density at radius 2 is 2.09 bits per heavy atom. The predicted molar refractivity (Wildman–Crippen MR) is 139 cm³/mol. The van der Waals surface area contributed by atoms with Crippen molar-refractivity contribution < 1.29 is 9.53 Å². The molecule has 0 aliphatic carbocycles. The zero-order chi connectivity index (χ0) is 23.7. The number of hydrogen-bond acceptors (Lipinski definition) is 8. The summed E-state index contributed by atoms with van der Waals surface area (Å²) >= 11 is 4.65. The van der Waals surface area contributed by atoms with E-state index in [0.717, 1.165) is 40.3 Å². The molecule has 10 heteroatoms. The number of hydrogen-bond donors (Lipinski definition) is 1. The fraction of sp³-hybridized carbons (Fsp3) is 0.417. The van der Waals surface area contributed by atoms with Gasteiger partial charge in [0.15, 0.2) is 16.0 Å². The largest absolute Gasteiger partial charge is 0.369 e. The van der Waals surface area contributed by atoms with Crippen LogP contribution in [0.2, 0.25) is 0 Å². The molecule has 1 N–H and O–H groups in total. The van der Waals surface area contributed by atoms with E-state index in [4.69, 9.17) is 9.72 Å². The van der Waals surface area contributed by atoms with Crippen LogP contribution in [-0.4, -0.2) is 49.6 Å². The lowest BCUT2D eigenvalue weighted by Gasteiger charge is -2.32. The average molecular weight is 514 g/mol. The molecule has 1 unspecified atom stereocenters. The lowest BCUT2D eigenvalue weighted by atomic mass is 9.90. The third kappa shape index (κ3) is 4.56. The summed E-state index contributed by atoms with van der Waals surface area (Å²) in [5.74, 6) is 0.270. The molecule has 1 atom stereocenters. The third-order valence-electron chi connectivity index (χ3n) is 6.26.